The van der Waals surface area contributed by atoms with Crippen LogP contribution in [-0.4, -0.2) is 11.8 Å². The van der Waals surface area contributed by atoms with E-state index in [9.17, 15) is 9.59 Å². The molecule has 4 N–H and O–H groups in total. The molecule has 0 aliphatic carbocycles. The summed E-state index contributed by atoms with van der Waals surface area (Å²) >= 11 is 0. The van der Waals surface area contributed by atoms with E-state index in [1.807, 2.05) is 24.3 Å². The van der Waals surface area contributed by atoms with Gasteiger partial charge in [0, 0.05) is 6.42 Å². The molecule has 0 aliphatic rings. The summed E-state index contributed by atoms with van der Waals surface area (Å²) in [7, 11) is 0. The topological polar surface area (TPSA) is 86.2 Å². The van der Waals surface area contributed by atoms with Gasteiger partial charge in [-0.25, -0.2) is 0 Å². The third-order valence-electron chi connectivity index (χ3n) is 4.17. The Kier molecular flexibility index (Phi) is 5.74. The van der Waals surface area contributed by atoms with Crippen molar-refractivity contribution in [3.63, 3.8) is 0 Å². The Morgan fingerprint density at radius 2 is 1.62 bits per heavy atom. The van der Waals surface area contributed by atoms with Gasteiger partial charge < -0.3 is 11.5 Å². The molecule has 0 heterocycles. The fraction of sp³-hybridized carbons (Fsp3) is 0.300. The van der Waals surface area contributed by atoms with E-state index in [0.717, 1.165) is 16.7 Å². The molecule has 0 aromatic heterocycles. The van der Waals surface area contributed by atoms with Crippen LogP contribution in [-0.2, 0) is 16.0 Å². The average Bonchev–Trinajstić information content (AvgIpc) is 2.54. The standard InChI is InChI=1S/C20H24N2O2/c1-13(2)16-4-3-5-17(11-16)15-8-6-14(7-9-15)10-18(20(22)24)12-19(21)23/h3-9,11,13,18H,10,12H2,1-2H3,(H2,21,23)(H2,22,24). The number of carbonyl (C=O) groups excluding carboxylic acids is 2. The molecule has 1 unspecified atom stereocenters. The quantitative estimate of drug-likeness (QED) is 0.820. The van der Waals surface area contributed by atoms with Gasteiger partial charge in [0.1, 0.15) is 0 Å². The van der Waals surface area contributed by atoms with Crippen molar-refractivity contribution in [1.82, 2.24) is 0 Å². The number of rotatable bonds is 7. The molecule has 2 aromatic carbocycles. The molecule has 2 rings (SSSR count). The minimum absolute atomic E-state index is 0.0203. The molecule has 0 aliphatic heterocycles. The first kappa shape index (κ1) is 17.7. The predicted octanol–water partition coefficient (Wildman–Crippen LogP) is 3.00. The van der Waals surface area contributed by atoms with Crippen molar-refractivity contribution in [2.24, 2.45) is 17.4 Å². The molecule has 126 valence electrons. The average molecular weight is 324 g/mol. The van der Waals surface area contributed by atoms with Crippen LogP contribution < -0.4 is 11.5 Å². The van der Waals surface area contributed by atoms with E-state index >= 15 is 0 Å². The number of benzene rings is 2. The Morgan fingerprint density at radius 3 is 2.17 bits per heavy atom. The first-order valence-corrected chi connectivity index (χ1v) is 8.13. The molecule has 2 aromatic rings. The number of amides is 2. The summed E-state index contributed by atoms with van der Waals surface area (Å²) in [5.41, 5.74) is 15.1. The van der Waals surface area contributed by atoms with Gasteiger partial charge in [0.05, 0.1) is 5.92 Å². The van der Waals surface area contributed by atoms with Crippen molar-refractivity contribution in [2.45, 2.75) is 32.6 Å². The van der Waals surface area contributed by atoms with Gasteiger partial charge in [-0.1, -0.05) is 62.4 Å². The van der Waals surface area contributed by atoms with Gasteiger partial charge in [0.25, 0.3) is 0 Å². The molecular weight excluding hydrogens is 300 g/mol. The normalized spacial score (nSPS) is 12.1. The molecule has 0 spiro atoms. The number of carbonyl (C=O) groups is 2. The summed E-state index contributed by atoms with van der Waals surface area (Å²) in [6.07, 6.45) is 0.401. The Labute approximate surface area is 142 Å². The summed E-state index contributed by atoms with van der Waals surface area (Å²) in [6, 6.07) is 16.5. The van der Waals surface area contributed by atoms with Crippen LogP contribution in [0.15, 0.2) is 48.5 Å². The lowest BCUT2D eigenvalue weighted by Crippen LogP contribution is -2.29. The van der Waals surface area contributed by atoms with Crippen LogP contribution >= 0.6 is 0 Å². The molecule has 0 radical (unpaired) electrons. The van der Waals surface area contributed by atoms with E-state index in [2.05, 4.69) is 38.1 Å². The second kappa shape index (κ2) is 7.77. The van der Waals surface area contributed by atoms with Crippen molar-refractivity contribution in [2.75, 3.05) is 0 Å². The first-order chi connectivity index (χ1) is 11.4. The minimum Gasteiger partial charge on any atom is -0.370 e. The third-order valence-corrected chi connectivity index (χ3v) is 4.17. The van der Waals surface area contributed by atoms with Crippen LogP contribution in [0.2, 0.25) is 0 Å². The summed E-state index contributed by atoms with van der Waals surface area (Å²) < 4.78 is 0. The highest BCUT2D eigenvalue weighted by molar-refractivity contribution is 5.84. The Morgan fingerprint density at radius 1 is 0.958 bits per heavy atom. The highest BCUT2D eigenvalue weighted by Crippen LogP contribution is 2.25. The third kappa shape index (κ3) is 4.69. The molecule has 0 saturated carbocycles. The molecule has 2 amide bonds. The van der Waals surface area contributed by atoms with E-state index < -0.39 is 17.7 Å². The molecule has 0 bridgehead atoms. The Balaban J connectivity index is 2.17. The molecule has 1 atom stereocenters. The SMILES string of the molecule is CC(C)c1cccc(-c2ccc(CC(CC(N)=O)C(N)=O)cc2)c1. The summed E-state index contributed by atoms with van der Waals surface area (Å²) in [6.45, 7) is 4.34. The van der Waals surface area contributed by atoms with E-state index in [1.165, 1.54) is 5.56 Å². The fourth-order valence-corrected chi connectivity index (χ4v) is 2.71. The van der Waals surface area contributed by atoms with Crippen LogP contribution in [0, 0.1) is 5.92 Å². The molecule has 4 nitrogen and oxygen atoms in total. The molecule has 0 fully saturated rings. The van der Waals surface area contributed by atoms with E-state index in [-0.39, 0.29) is 6.42 Å². The van der Waals surface area contributed by atoms with Crippen LogP contribution in [0.1, 0.15) is 37.3 Å². The lowest BCUT2D eigenvalue weighted by atomic mass is 9.93. The highest BCUT2D eigenvalue weighted by Gasteiger charge is 2.18. The first-order valence-electron chi connectivity index (χ1n) is 8.13. The minimum atomic E-state index is -0.558. The van der Waals surface area contributed by atoms with Crippen LogP contribution in [0.3, 0.4) is 0 Å². The van der Waals surface area contributed by atoms with Gasteiger partial charge in [-0.3, -0.25) is 9.59 Å². The molecule has 0 saturated heterocycles. The van der Waals surface area contributed by atoms with Gasteiger partial charge in [0.2, 0.25) is 11.8 Å². The number of hydrogen-bond donors (Lipinski definition) is 2. The number of primary amides is 2. The Bertz CT molecular complexity index is 721. The van der Waals surface area contributed by atoms with E-state index in [1.54, 1.807) is 0 Å². The summed E-state index contributed by atoms with van der Waals surface area (Å²) in [5, 5.41) is 0. The van der Waals surface area contributed by atoms with E-state index in [0.29, 0.717) is 12.3 Å². The molecule has 24 heavy (non-hydrogen) atoms. The number of hydrogen-bond acceptors (Lipinski definition) is 2. The van der Waals surface area contributed by atoms with Crippen molar-refractivity contribution in [3.8, 4) is 11.1 Å². The van der Waals surface area contributed by atoms with Gasteiger partial charge in [-0.05, 0) is 34.6 Å². The Hall–Kier alpha value is -2.62. The smallest absolute Gasteiger partial charge is 0.221 e. The van der Waals surface area contributed by atoms with Crippen molar-refractivity contribution in [1.29, 1.82) is 0 Å². The molecule has 4 heteroatoms. The van der Waals surface area contributed by atoms with Gasteiger partial charge in [0.15, 0.2) is 0 Å². The largest absolute Gasteiger partial charge is 0.370 e. The van der Waals surface area contributed by atoms with Gasteiger partial charge in [-0.15, -0.1) is 0 Å². The maximum Gasteiger partial charge on any atom is 0.221 e. The van der Waals surface area contributed by atoms with E-state index in [4.69, 9.17) is 11.5 Å². The number of nitrogens with two attached hydrogens (primary N) is 2. The zero-order valence-electron chi connectivity index (χ0n) is 14.2. The molecular formula is C20H24N2O2. The second-order valence-corrected chi connectivity index (χ2v) is 6.45. The highest BCUT2D eigenvalue weighted by atomic mass is 16.2. The van der Waals surface area contributed by atoms with Crippen molar-refractivity contribution in [3.05, 3.63) is 59.7 Å². The summed E-state index contributed by atoms with van der Waals surface area (Å²) in [5.74, 6) is -1.09. The summed E-state index contributed by atoms with van der Waals surface area (Å²) in [4.78, 5) is 22.5. The van der Waals surface area contributed by atoms with Crippen LogP contribution in [0.4, 0.5) is 0 Å². The van der Waals surface area contributed by atoms with Crippen molar-refractivity contribution >= 4 is 11.8 Å². The zero-order valence-corrected chi connectivity index (χ0v) is 14.2. The maximum atomic E-state index is 11.4. The predicted molar refractivity (Wildman–Crippen MR) is 96.2 cm³/mol. The van der Waals surface area contributed by atoms with Crippen LogP contribution in [0.25, 0.3) is 11.1 Å². The lowest BCUT2D eigenvalue weighted by Gasteiger charge is -2.12. The maximum absolute atomic E-state index is 11.4. The second-order valence-electron chi connectivity index (χ2n) is 6.45. The van der Waals surface area contributed by atoms with Crippen molar-refractivity contribution < 1.29 is 9.59 Å². The van der Waals surface area contributed by atoms with Gasteiger partial charge in [-0.2, -0.15) is 0 Å². The fourth-order valence-electron chi connectivity index (χ4n) is 2.71. The lowest BCUT2D eigenvalue weighted by molar-refractivity contribution is -0.126. The monoisotopic (exact) mass is 324 g/mol. The van der Waals surface area contributed by atoms with Crippen LogP contribution in [0.5, 0.6) is 0 Å². The van der Waals surface area contributed by atoms with Gasteiger partial charge >= 0.3 is 0 Å². The zero-order chi connectivity index (χ0) is 17.7.